The van der Waals surface area contributed by atoms with Crippen LogP contribution in [0.15, 0.2) is 36.4 Å². The van der Waals surface area contributed by atoms with Crippen LogP contribution in [0.2, 0.25) is 5.02 Å². The van der Waals surface area contributed by atoms with E-state index in [4.69, 9.17) is 16.3 Å². The predicted octanol–water partition coefficient (Wildman–Crippen LogP) is 6.91. The number of phenolic OH excluding ortho intramolecular Hbond substituents is 1. The van der Waals surface area contributed by atoms with Crippen LogP contribution in [0.4, 0.5) is 0 Å². The smallest absolute Gasteiger partial charge is 0.134 e. The summed E-state index contributed by atoms with van der Waals surface area (Å²) in [6.45, 7) is 7.43. The molecular formula is C33H42ClNO3. The predicted molar refractivity (Wildman–Crippen MR) is 151 cm³/mol. The van der Waals surface area contributed by atoms with Crippen molar-refractivity contribution in [2.75, 3.05) is 19.7 Å². The molecule has 0 amide bonds. The second-order valence-electron chi connectivity index (χ2n) is 13.6. The number of fused-ring (bicyclic) bond motifs is 7. The van der Waals surface area contributed by atoms with Crippen LogP contribution < -0.4 is 4.74 Å². The van der Waals surface area contributed by atoms with Crippen molar-refractivity contribution in [2.24, 2.45) is 23.2 Å². The minimum absolute atomic E-state index is 0.110. The number of halogens is 1. The topological polar surface area (TPSA) is 52.9 Å². The second-order valence-corrected chi connectivity index (χ2v) is 14.0. The number of benzene rings is 2. The molecule has 5 heteroatoms. The number of piperidine rings is 1. The van der Waals surface area contributed by atoms with E-state index in [0.29, 0.717) is 28.7 Å². The highest BCUT2D eigenvalue weighted by atomic mass is 35.5. The lowest BCUT2D eigenvalue weighted by atomic mass is 9.49. The van der Waals surface area contributed by atoms with Crippen LogP contribution in [-0.2, 0) is 6.42 Å². The molecule has 1 heterocycles. The van der Waals surface area contributed by atoms with Crippen molar-refractivity contribution in [1.82, 2.24) is 4.90 Å². The Labute approximate surface area is 232 Å². The van der Waals surface area contributed by atoms with Crippen LogP contribution in [0.3, 0.4) is 0 Å². The highest BCUT2D eigenvalue weighted by Gasteiger charge is 2.62. The number of rotatable bonds is 5. The zero-order valence-electron chi connectivity index (χ0n) is 22.8. The Bertz CT molecular complexity index is 1210. The zero-order valence-corrected chi connectivity index (χ0v) is 23.6. The molecule has 4 aliphatic carbocycles. The van der Waals surface area contributed by atoms with Gasteiger partial charge in [0.05, 0.1) is 10.6 Å². The number of likely N-dealkylation sites (tertiary alicyclic amines) is 1. The van der Waals surface area contributed by atoms with Gasteiger partial charge in [0, 0.05) is 19.1 Å². The molecule has 2 aromatic rings. The molecule has 2 N–H and O–H groups in total. The van der Waals surface area contributed by atoms with Crippen LogP contribution >= 0.6 is 11.6 Å². The lowest BCUT2D eigenvalue weighted by Gasteiger charge is -2.56. The molecule has 0 radical (unpaired) electrons. The van der Waals surface area contributed by atoms with Crippen molar-refractivity contribution in [2.45, 2.75) is 88.7 Å². The first-order chi connectivity index (χ1) is 18.2. The van der Waals surface area contributed by atoms with Gasteiger partial charge in [0.15, 0.2) is 0 Å². The molecule has 0 aromatic heterocycles. The van der Waals surface area contributed by atoms with Crippen molar-refractivity contribution >= 4 is 11.6 Å². The zero-order chi connectivity index (χ0) is 26.2. The van der Waals surface area contributed by atoms with E-state index in [0.717, 1.165) is 68.5 Å². The minimum Gasteiger partial charge on any atom is -0.506 e. The van der Waals surface area contributed by atoms with Gasteiger partial charge in [-0.25, -0.2) is 0 Å². The Hall–Kier alpha value is -1.75. The summed E-state index contributed by atoms with van der Waals surface area (Å²) in [4.78, 5) is 2.62. The van der Waals surface area contributed by atoms with Gasteiger partial charge in [0.25, 0.3) is 0 Å². The summed E-state index contributed by atoms with van der Waals surface area (Å²) in [5.74, 6) is 3.70. The van der Waals surface area contributed by atoms with E-state index in [-0.39, 0.29) is 11.2 Å². The lowest BCUT2D eigenvalue weighted by molar-refractivity contribution is -0.0963. The molecular weight excluding hydrogens is 494 g/mol. The monoisotopic (exact) mass is 535 g/mol. The molecule has 7 rings (SSSR count). The van der Waals surface area contributed by atoms with Crippen molar-refractivity contribution in [3.05, 3.63) is 58.1 Å². The molecule has 0 spiro atoms. The molecule has 2 aromatic carbocycles. The van der Waals surface area contributed by atoms with Crippen molar-refractivity contribution < 1.29 is 14.9 Å². The highest BCUT2D eigenvalue weighted by Crippen LogP contribution is 2.68. The van der Waals surface area contributed by atoms with Gasteiger partial charge in [-0.05, 0) is 128 Å². The molecule has 4 fully saturated rings. The molecule has 1 aliphatic heterocycles. The van der Waals surface area contributed by atoms with E-state index in [1.807, 2.05) is 0 Å². The average Bonchev–Trinajstić information content (AvgIpc) is 3.59. The summed E-state index contributed by atoms with van der Waals surface area (Å²) < 4.78 is 6.21. The Kier molecular flexibility index (Phi) is 6.07. The number of aliphatic hydroxyl groups is 1. The van der Waals surface area contributed by atoms with Crippen LogP contribution in [0.5, 0.6) is 11.5 Å². The first kappa shape index (κ1) is 25.2. The van der Waals surface area contributed by atoms with E-state index < -0.39 is 5.60 Å². The maximum atomic E-state index is 11.6. The minimum atomic E-state index is -0.647. The van der Waals surface area contributed by atoms with Gasteiger partial charge in [-0.3, -0.25) is 4.90 Å². The van der Waals surface area contributed by atoms with Crippen LogP contribution in [0.1, 0.15) is 87.3 Å². The third kappa shape index (κ3) is 3.84. The largest absolute Gasteiger partial charge is 0.506 e. The Morgan fingerprint density at radius 2 is 1.87 bits per heavy atom. The summed E-state index contributed by atoms with van der Waals surface area (Å²) in [5, 5.41) is 22.4. The van der Waals surface area contributed by atoms with Gasteiger partial charge in [0.2, 0.25) is 0 Å². The van der Waals surface area contributed by atoms with E-state index in [9.17, 15) is 10.2 Å². The molecule has 3 saturated carbocycles. The third-order valence-electron chi connectivity index (χ3n) is 11.9. The summed E-state index contributed by atoms with van der Waals surface area (Å²) in [5.41, 5.74) is 3.00. The SMILES string of the molecule is C[C@]1(O)CC[C@H]2[C@@H]3CCc4c(ccc(O)c4Cl)[C@H]3[C@@H](c3ccc(OCCN4CC5CCC4C5)cc3)C[C@@]21C. The fourth-order valence-corrected chi connectivity index (χ4v) is 9.94. The number of hydrogen-bond donors (Lipinski definition) is 2. The highest BCUT2D eigenvalue weighted by molar-refractivity contribution is 6.32. The van der Waals surface area contributed by atoms with Crippen LogP contribution in [-0.4, -0.2) is 46.5 Å². The molecule has 8 atom stereocenters. The molecule has 5 aliphatic rings. The first-order valence-electron chi connectivity index (χ1n) is 14.9. The number of hydrogen-bond acceptors (Lipinski definition) is 4. The van der Waals surface area contributed by atoms with Crippen molar-refractivity contribution in [3.63, 3.8) is 0 Å². The van der Waals surface area contributed by atoms with E-state index in [1.54, 1.807) is 6.07 Å². The second kappa shape index (κ2) is 9.14. The standard InChI is InChI=1S/C33H42ClNO3/c1-32-18-27(21-4-7-23(8-5-21)38-16-15-35-19-20-3-6-22(35)17-20)30-24-11-12-29(36)31(34)25(24)9-10-26(30)28(32)13-14-33(32,2)37/h4-5,7-8,11-12,20,22,26-28,30,36-37H,3,6,9-10,13-19H2,1-2H3/t20?,22?,26-,27+,28-,30+,32-,33-/m0/s1. The maximum absolute atomic E-state index is 11.6. The van der Waals surface area contributed by atoms with Gasteiger partial charge in [0.1, 0.15) is 18.1 Å². The summed E-state index contributed by atoms with van der Waals surface area (Å²) in [7, 11) is 0. The van der Waals surface area contributed by atoms with E-state index in [2.05, 4.69) is 49.1 Å². The Morgan fingerprint density at radius 1 is 1.05 bits per heavy atom. The quantitative estimate of drug-likeness (QED) is 0.437. The fraction of sp³-hybridized carbons (Fsp3) is 0.636. The molecule has 2 bridgehead atoms. The summed E-state index contributed by atoms with van der Waals surface area (Å²) in [6.07, 6.45) is 9.05. The van der Waals surface area contributed by atoms with Gasteiger partial charge < -0.3 is 14.9 Å². The third-order valence-corrected chi connectivity index (χ3v) is 12.3. The number of ether oxygens (including phenoxy) is 1. The van der Waals surface area contributed by atoms with E-state index in [1.165, 1.54) is 36.9 Å². The molecule has 38 heavy (non-hydrogen) atoms. The number of phenols is 1. The molecule has 2 unspecified atom stereocenters. The van der Waals surface area contributed by atoms with Gasteiger partial charge in [-0.15, -0.1) is 0 Å². The Balaban J connectivity index is 1.16. The normalized spacial score (nSPS) is 39.6. The number of aromatic hydroxyl groups is 1. The summed E-state index contributed by atoms with van der Waals surface area (Å²) >= 11 is 6.65. The molecule has 1 saturated heterocycles. The van der Waals surface area contributed by atoms with Gasteiger partial charge >= 0.3 is 0 Å². The number of nitrogens with zero attached hydrogens (tertiary/aromatic N) is 1. The van der Waals surface area contributed by atoms with Gasteiger partial charge in [-0.2, -0.15) is 0 Å². The molecule has 204 valence electrons. The average molecular weight is 536 g/mol. The van der Waals surface area contributed by atoms with E-state index >= 15 is 0 Å². The van der Waals surface area contributed by atoms with Crippen molar-refractivity contribution in [3.8, 4) is 11.5 Å². The fourth-order valence-electron chi connectivity index (χ4n) is 9.68. The Morgan fingerprint density at radius 3 is 2.61 bits per heavy atom. The first-order valence-corrected chi connectivity index (χ1v) is 15.3. The molecule has 4 nitrogen and oxygen atoms in total. The van der Waals surface area contributed by atoms with Crippen molar-refractivity contribution in [1.29, 1.82) is 0 Å². The van der Waals surface area contributed by atoms with Crippen LogP contribution in [0, 0.1) is 23.2 Å². The van der Waals surface area contributed by atoms with Crippen LogP contribution in [0.25, 0.3) is 0 Å². The van der Waals surface area contributed by atoms with Gasteiger partial charge in [-0.1, -0.05) is 36.7 Å². The maximum Gasteiger partial charge on any atom is 0.134 e. The lowest BCUT2D eigenvalue weighted by Crippen LogP contribution is -2.51. The summed E-state index contributed by atoms with van der Waals surface area (Å²) in [6, 6.07) is 13.5.